The van der Waals surface area contributed by atoms with Crippen LogP contribution in [0.4, 0.5) is 4.39 Å². The highest BCUT2D eigenvalue weighted by molar-refractivity contribution is 7.21. The first kappa shape index (κ1) is 16.2. The topological polar surface area (TPSA) is 41.1 Å². The predicted octanol–water partition coefficient (Wildman–Crippen LogP) is 3.25. The SMILES string of the molecule is Cc1c(C(=O)NCC2CCCN2)sc2ccc(F)cc12.Cl. The molecule has 2 N–H and O–H groups in total. The van der Waals surface area contributed by atoms with Crippen LogP contribution in [0.25, 0.3) is 10.1 Å². The molecule has 0 radical (unpaired) electrons. The third-order valence-corrected chi connectivity index (χ3v) is 5.05. The minimum absolute atomic E-state index is 0. The van der Waals surface area contributed by atoms with Crippen LogP contribution in [0.3, 0.4) is 0 Å². The molecule has 1 unspecified atom stereocenters. The monoisotopic (exact) mass is 328 g/mol. The Balaban J connectivity index is 0.00000161. The van der Waals surface area contributed by atoms with Crippen molar-refractivity contribution in [2.75, 3.05) is 13.1 Å². The van der Waals surface area contributed by atoms with Crippen molar-refractivity contribution in [1.29, 1.82) is 0 Å². The van der Waals surface area contributed by atoms with E-state index in [4.69, 9.17) is 0 Å². The van der Waals surface area contributed by atoms with Crippen molar-refractivity contribution >= 4 is 39.7 Å². The van der Waals surface area contributed by atoms with Crippen LogP contribution in [0.1, 0.15) is 28.1 Å². The van der Waals surface area contributed by atoms with Crippen molar-refractivity contribution < 1.29 is 9.18 Å². The number of amides is 1. The predicted molar refractivity (Wildman–Crippen MR) is 87.1 cm³/mol. The van der Waals surface area contributed by atoms with Crippen molar-refractivity contribution in [2.24, 2.45) is 0 Å². The average Bonchev–Trinajstić information content (AvgIpc) is 3.05. The second-order valence-electron chi connectivity index (χ2n) is 5.20. The van der Waals surface area contributed by atoms with Gasteiger partial charge in [0.05, 0.1) is 4.88 Å². The highest BCUT2D eigenvalue weighted by Gasteiger charge is 2.18. The van der Waals surface area contributed by atoms with Crippen molar-refractivity contribution in [3.8, 4) is 0 Å². The molecular weight excluding hydrogens is 311 g/mol. The van der Waals surface area contributed by atoms with E-state index in [0.29, 0.717) is 17.5 Å². The number of thiophene rings is 1. The lowest BCUT2D eigenvalue weighted by Gasteiger charge is -2.11. The molecule has 3 rings (SSSR count). The van der Waals surface area contributed by atoms with E-state index in [9.17, 15) is 9.18 Å². The maximum absolute atomic E-state index is 13.3. The van der Waals surface area contributed by atoms with E-state index >= 15 is 0 Å². The van der Waals surface area contributed by atoms with Gasteiger partial charge in [0.25, 0.3) is 5.91 Å². The minimum atomic E-state index is -0.263. The lowest BCUT2D eigenvalue weighted by Crippen LogP contribution is -2.37. The van der Waals surface area contributed by atoms with E-state index in [-0.39, 0.29) is 24.1 Å². The Hall–Kier alpha value is -1.17. The van der Waals surface area contributed by atoms with Crippen molar-refractivity contribution in [3.05, 3.63) is 34.5 Å². The molecule has 0 saturated carbocycles. The molecule has 1 atom stereocenters. The van der Waals surface area contributed by atoms with Crippen LogP contribution >= 0.6 is 23.7 Å². The second kappa shape index (κ2) is 6.73. The summed E-state index contributed by atoms with van der Waals surface area (Å²) in [6.45, 7) is 3.56. The summed E-state index contributed by atoms with van der Waals surface area (Å²) < 4.78 is 14.2. The molecule has 0 spiro atoms. The van der Waals surface area contributed by atoms with Gasteiger partial charge in [-0.25, -0.2) is 4.39 Å². The third kappa shape index (κ3) is 3.36. The van der Waals surface area contributed by atoms with Gasteiger partial charge >= 0.3 is 0 Å². The van der Waals surface area contributed by atoms with Gasteiger partial charge in [-0.05, 0) is 55.5 Å². The Bertz CT molecular complexity index is 652. The Labute approximate surface area is 133 Å². The fraction of sp³-hybridized carbons (Fsp3) is 0.400. The minimum Gasteiger partial charge on any atom is -0.350 e. The molecule has 1 aliphatic heterocycles. The van der Waals surface area contributed by atoms with E-state index < -0.39 is 0 Å². The van der Waals surface area contributed by atoms with Gasteiger partial charge in [-0.15, -0.1) is 23.7 Å². The molecule has 1 aromatic heterocycles. The number of aryl methyl sites for hydroxylation is 1. The van der Waals surface area contributed by atoms with Crippen molar-refractivity contribution in [2.45, 2.75) is 25.8 Å². The van der Waals surface area contributed by atoms with Gasteiger partial charge in [0.15, 0.2) is 0 Å². The van der Waals surface area contributed by atoms with E-state index in [1.807, 2.05) is 6.92 Å². The van der Waals surface area contributed by atoms with Gasteiger partial charge in [-0.3, -0.25) is 4.79 Å². The Kier molecular flexibility index (Phi) is 5.19. The summed E-state index contributed by atoms with van der Waals surface area (Å²) in [5, 5.41) is 7.16. The zero-order chi connectivity index (χ0) is 14.1. The standard InChI is InChI=1S/C15H17FN2OS.ClH/c1-9-12-7-10(16)4-5-13(12)20-14(9)15(19)18-8-11-3-2-6-17-11;/h4-5,7,11,17H,2-3,6,8H2,1H3,(H,18,19);1H. The highest BCUT2D eigenvalue weighted by atomic mass is 35.5. The molecule has 1 saturated heterocycles. The number of carbonyl (C=O) groups excluding carboxylic acids is 1. The molecular formula is C15H18ClFN2OS. The van der Waals surface area contributed by atoms with Crippen molar-refractivity contribution in [3.63, 3.8) is 0 Å². The van der Waals surface area contributed by atoms with Gasteiger partial charge in [-0.2, -0.15) is 0 Å². The second-order valence-corrected chi connectivity index (χ2v) is 6.25. The summed E-state index contributed by atoms with van der Waals surface area (Å²) >= 11 is 1.42. The van der Waals surface area contributed by atoms with Gasteiger partial charge in [0.2, 0.25) is 0 Å². The van der Waals surface area contributed by atoms with Crippen LogP contribution in [0.5, 0.6) is 0 Å². The largest absolute Gasteiger partial charge is 0.350 e. The summed E-state index contributed by atoms with van der Waals surface area (Å²) in [5.41, 5.74) is 0.862. The molecule has 1 aromatic carbocycles. The molecule has 21 heavy (non-hydrogen) atoms. The van der Waals surface area contributed by atoms with E-state index in [1.54, 1.807) is 6.07 Å². The number of rotatable bonds is 3. The van der Waals surface area contributed by atoms with Gasteiger partial charge in [-0.1, -0.05) is 0 Å². The number of carbonyl (C=O) groups is 1. The molecule has 1 amide bonds. The number of hydrogen-bond acceptors (Lipinski definition) is 3. The van der Waals surface area contributed by atoms with E-state index in [0.717, 1.165) is 28.6 Å². The summed E-state index contributed by atoms with van der Waals surface area (Å²) in [6.07, 6.45) is 2.28. The van der Waals surface area contributed by atoms with Crippen LogP contribution in [-0.4, -0.2) is 25.0 Å². The molecule has 2 aromatic rings. The van der Waals surface area contributed by atoms with Crippen LogP contribution < -0.4 is 10.6 Å². The quantitative estimate of drug-likeness (QED) is 0.908. The third-order valence-electron chi connectivity index (χ3n) is 3.78. The average molecular weight is 329 g/mol. The van der Waals surface area contributed by atoms with E-state index in [2.05, 4.69) is 10.6 Å². The number of benzene rings is 1. The number of fused-ring (bicyclic) bond motifs is 1. The van der Waals surface area contributed by atoms with Crippen LogP contribution in [0.15, 0.2) is 18.2 Å². The van der Waals surface area contributed by atoms with Gasteiger partial charge in [0, 0.05) is 17.3 Å². The Morgan fingerprint density at radius 1 is 1.52 bits per heavy atom. The van der Waals surface area contributed by atoms with Gasteiger partial charge in [0.1, 0.15) is 5.82 Å². The number of nitrogens with one attached hydrogen (secondary N) is 2. The summed E-state index contributed by atoms with van der Waals surface area (Å²) in [7, 11) is 0. The smallest absolute Gasteiger partial charge is 0.261 e. The van der Waals surface area contributed by atoms with Crippen molar-refractivity contribution in [1.82, 2.24) is 10.6 Å². The molecule has 0 bridgehead atoms. The Morgan fingerprint density at radius 2 is 2.33 bits per heavy atom. The molecule has 1 fully saturated rings. The van der Waals surface area contributed by atoms with Gasteiger partial charge < -0.3 is 10.6 Å². The first-order valence-corrected chi connectivity index (χ1v) is 7.67. The summed E-state index contributed by atoms with van der Waals surface area (Å²) in [5.74, 6) is -0.321. The number of hydrogen-bond donors (Lipinski definition) is 2. The maximum atomic E-state index is 13.3. The first-order valence-electron chi connectivity index (χ1n) is 6.85. The highest BCUT2D eigenvalue weighted by Crippen LogP contribution is 2.31. The molecule has 2 heterocycles. The fourth-order valence-electron chi connectivity index (χ4n) is 2.64. The first-order chi connectivity index (χ1) is 9.65. The molecule has 0 aliphatic carbocycles. The zero-order valence-electron chi connectivity index (χ0n) is 11.7. The molecule has 6 heteroatoms. The molecule has 3 nitrogen and oxygen atoms in total. The summed E-state index contributed by atoms with van der Waals surface area (Å²) in [6, 6.07) is 5.04. The normalized spacial score (nSPS) is 17.7. The summed E-state index contributed by atoms with van der Waals surface area (Å²) in [4.78, 5) is 12.9. The maximum Gasteiger partial charge on any atom is 0.261 e. The lowest BCUT2D eigenvalue weighted by atomic mass is 10.1. The number of halogens is 2. The van der Waals surface area contributed by atoms with Crippen LogP contribution in [0.2, 0.25) is 0 Å². The Morgan fingerprint density at radius 3 is 3.05 bits per heavy atom. The lowest BCUT2D eigenvalue weighted by molar-refractivity contribution is 0.0954. The van der Waals surface area contributed by atoms with Crippen LogP contribution in [-0.2, 0) is 0 Å². The zero-order valence-corrected chi connectivity index (χ0v) is 13.4. The fourth-order valence-corrected chi connectivity index (χ4v) is 3.74. The molecule has 1 aliphatic rings. The molecule has 114 valence electrons. The van der Waals surface area contributed by atoms with Crippen LogP contribution in [0, 0.1) is 12.7 Å². The van der Waals surface area contributed by atoms with E-state index in [1.165, 1.54) is 29.9 Å².